The SMILES string of the molecule is Cc1csc(CNC(=O)CC[C@@H]2CCCO2)n1. The van der Waals surface area contributed by atoms with E-state index in [2.05, 4.69) is 10.3 Å². The van der Waals surface area contributed by atoms with Gasteiger partial charge in [0.15, 0.2) is 0 Å². The molecule has 1 amide bonds. The van der Waals surface area contributed by atoms with Crippen LogP contribution in [0.4, 0.5) is 0 Å². The van der Waals surface area contributed by atoms with Gasteiger partial charge in [-0.05, 0) is 26.2 Å². The monoisotopic (exact) mass is 254 g/mol. The Labute approximate surface area is 105 Å². The molecule has 4 nitrogen and oxygen atoms in total. The zero-order valence-electron chi connectivity index (χ0n) is 10.1. The van der Waals surface area contributed by atoms with Crippen molar-refractivity contribution in [2.24, 2.45) is 0 Å². The topological polar surface area (TPSA) is 51.2 Å². The van der Waals surface area contributed by atoms with Crippen LogP contribution in [-0.4, -0.2) is 23.6 Å². The number of aromatic nitrogens is 1. The van der Waals surface area contributed by atoms with Crippen LogP contribution < -0.4 is 5.32 Å². The highest BCUT2D eigenvalue weighted by molar-refractivity contribution is 7.09. The fourth-order valence-corrected chi connectivity index (χ4v) is 2.62. The van der Waals surface area contributed by atoms with E-state index in [0.717, 1.165) is 36.6 Å². The van der Waals surface area contributed by atoms with Crippen molar-refractivity contribution in [3.8, 4) is 0 Å². The minimum atomic E-state index is 0.0911. The van der Waals surface area contributed by atoms with E-state index >= 15 is 0 Å². The molecule has 5 heteroatoms. The second-order valence-electron chi connectivity index (χ2n) is 4.33. The van der Waals surface area contributed by atoms with Crippen LogP contribution in [0.2, 0.25) is 0 Å². The minimum Gasteiger partial charge on any atom is -0.378 e. The lowest BCUT2D eigenvalue weighted by Gasteiger charge is -2.08. The molecule has 1 atom stereocenters. The number of ether oxygens (including phenoxy) is 1. The average Bonchev–Trinajstić information content (AvgIpc) is 2.95. The van der Waals surface area contributed by atoms with Gasteiger partial charge in [-0.15, -0.1) is 11.3 Å². The number of thiazole rings is 1. The standard InChI is InChI=1S/C12H18N2O2S/c1-9-8-17-12(14-9)7-13-11(15)5-4-10-3-2-6-16-10/h8,10H,2-7H2,1H3,(H,13,15)/t10-/m0/s1. The highest BCUT2D eigenvalue weighted by atomic mass is 32.1. The van der Waals surface area contributed by atoms with E-state index in [0.29, 0.717) is 19.1 Å². The molecule has 0 radical (unpaired) electrons. The summed E-state index contributed by atoms with van der Waals surface area (Å²) < 4.78 is 5.48. The Balaban J connectivity index is 1.63. The van der Waals surface area contributed by atoms with Crippen LogP contribution in [0.5, 0.6) is 0 Å². The van der Waals surface area contributed by atoms with Gasteiger partial charge in [0.2, 0.25) is 5.91 Å². The Morgan fingerprint density at radius 2 is 2.59 bits per heavy atom. The molecule has 1 fully saturated rings. The fraction of sp³-hybridized carbons (Fsp3) is 0.667. The quantitative estimate of drug-likeness (QED) is 0.874. The van der Waals surface area contributed by atoms with Crippen LogP contribution in [-0.2, 0) is 16.1 Å². The Morgan fingerprint density at radius 1 is 1.71 bits per heavy atom. The zero-order valence-corrected chi connectivity index (χ0v) is 10.9. The number of amides is 1. The summed E-state index contributed by atoms with van der Waals surface area (Å²) in [6.07, 6.45) is 3.91. The largest absolute Gasteiger partial charge is 0.378 e. The molecule has 94 valence electrons. The highest BCUT2D eigenvalue weighted by Gasteiger charge is 2.16. The third kappa shape index (κ3) is 4.09. The molecule has 1 aliphatic heterocycles. The molecule has 0 aromatic carbocycles. The predicted octanol–water partition coefficient (Wildman–Crippen LogP) is 2.03. The maximum Gasteiger partial charge on any atom is 0.220 e. The van der Waals surface area contributed by atoms with Crippen LogP contribution in [0, 0.1) is 6.92 Å². The normalized spacial score (nSPS) is 19.5. The van der Waals surface area contributed by atoms with Gasteiger partial charge in [-0.25, -0.2) is 4.98 Å². The Hall–Kier alpha value is -0.940. The first-order valence-corrected chi connectivity index (χ1v) is 6.91. The second kappa shape index (κ2) is 6.12. The van der Waals surface area contributed by atoms with Gasteiger partial charge < -0.3 is 10.1 Å². The molecule has 17 heavy (non-hydrogen) atoms. The van der Waals surface area contributed by atoms with Gasteiger partial charge in [0, 0.05) is 24.1 Å². The Kier molecular flexibility index (Phi) is 4.50. The maximum absolute atomic E-state index is 11.6. The van der Waals surface area contributed by atoms with E-state index in [1.54, 1.807) is 11.3 Å². The number of nitrogens with one attached hydrogen (secondary N) is 1. The van der Waals surface area contributed by atoms with E-state index < -0.39 is 0 Å². The minimum absolute atomic E-state index is 0.0911. The van der Waals surface area contributed by atoms with Crippen molar-refractivity contribution < 1.29 is 9.53 Å². The van der Waals surface area contributed by atoms with E-state index in [1.165, 1.54) is 0 Å². The molecular formula is C12H18N2O2S. The van der Waals surface area contributed by atoms with Gasteiger partial charge >= 0.3 is 0 Å². The van der Waals surface area contributed by atoms with Crippen molar-refractivity contribution in [3.63, 3.8) is 0 Å². The predicted molar refractivity (Wildman–Crippen MR) is 66.9 cm³/mol. The zero-order chi connectivity index (χ0) is 12.1. The number of carbonyl (C=O) groups excluding carboxylic acids is 1. The van der Waals surface area contributed by atoms with Gasteiger partial charge in [-0.2, -0.15) is 0 Å². The Morgan fingerprint density at radius 3 is 3.24 bits per heavy atom. The molecule has 1 aliphatic rings. The summed E-state index contributed by atoms with van der Waals surface area (Å²) in [6, 6.07) is 0. The van der Waals surface area contributed by atoms with E-state index in [1.807, 2.05) is 12.3 Å². The number of rotatable bonds is 5. The molecular weight excluding hydrogens is 236 g/mol. The van der Waals surface area contributed by atoms with Gasteiger partial charge in [-0.3, -0.25) is 4.79 Å². The summed E-state index contributed by atoms with van der Waals surface area (Å²) in [4.78, 5) is 15.9. The lowest BCUT2D eigenvalue weighted by molar-refractivity contribution is -0.121. The van der Waals surface area contributed by atoms with E-state index in [-0.39, 0.29) is 5.91 Å². The first-order chi connectivity index (χ1) is 8.24. The van der Waals surface area contributed by atoms with Gasteiger partial charge in [0.1, 0.15) is 5.01 Å². The maximum atomic E-state index is 11.6. The van der Waals surface area contributed by atoms with Gasteiger partial charge in [0.25, 0.3) is 0 Å². The second-order valence-corrected chi connectivity index (χ2v) is 5.28. The van der Waals surface area contributed by atoms with Crippen molar-refractivity contribution in [2.75, 3.05) is 6.61 Å². The lowest BCUT2D eigenvalue weighted by Crippen LogP contribution is -2.23. The summed E-state index contributed by atoms with van der Waals surface area (Å²) in [7, 11) is 0. The number of carbonyl (C=O) groups is 1. The van der Waals surface area contributed by atoms with Crippen molar-refractivity contribution in [2.45, 2.75) is 45.3 Å². The average molecular weight is 254 g/mol. The molecule has 1 saturated heterocycles. The molecule has 1 N–H and O–H groups in total. The number of hydrogen-bond donors (Lipinski definition) is 1. The molecule has 2 heterocycles. The number of nitrogens with zero attached hydrogens (tertiary/aromatic N) is 1. The smallest absolute Gasteiger partial charge is 0.220 e. The van der Waals surface area contributed by atoms with Crippen molar-refractivity contribution >= 4 is 17.2 Å². The summed E-state index contributed by atoms with van der Waals surface area (Å²) >= 11 is 1.58. The molecule has 2 rings (SSSR count). The number of aryl methyl sites for hydroxylation is 1. The highest BCUT2D eigenvalue weighted by Crippen LogP contribution is 2.16. The Bertz CT molecular complexity index is 372. The molecule has 1 aromatic rings. The van der Waals surface area contributed by atoms with Crippen molar-refractivity contribution in [3.05, 3.63) is 16.1 Å². The molecule has 0 bridgehead atoms. The van der Waals surface area contributed by atoms with Gasteiger partial charge in [0.05, 0.1) is 12.6 Å². The first-order valence-electron chi connectivity index (χ1n) is 6.03. The fourth-order valence-electron chi connectivity index (χ4n) is 1.91. The molecule has 0 unspecified atom stereocenters. The third-order valence-corrected chi connectivity index (χ3v) is 3.79. The molecule has 0 spiro atoms. The van der Waals surface area contributed by atoms with Crippen LogP contribution in [0.1, 0.15) is 36.4 Å². The van der Waals surface area contributed by atoms with Crippen LogP contribution >= 0.6 is 11.3 Å². The lowest BCUT2D eigenvalue weighted by atomic mass is 10.1. The molecule has 0 saturated carbocycles. The van der Waals surface area contributed by atoms with Gasteiger partial charge in [-0.1, -0.05) is 0 Å². The van der Waals surface area contributed by atoms with Crippen molar-refractivity contribution in [1.82, 2.24) is 10.3 Å². The summed E-state index contributed by atoms with van der Waals surface area (Å²) in [5.41, 5.74) is 1.01. The van der Waals surface area contributed by atoms with Crippen LogP contribution in [0.25, 0.3) is 0 Å². The summed E-state index contributed by atoms with van der Waals surface area (Å²) in [5, 5.41) is 5.85. The van der Waals surface area contributed by atoms with E-state index in [9.17, 15) is 4.79 Å². The van der Waals surface area contributed by atoms with Crippen molar-refractivity contribution in [1.29, 1.82) is 0 Å². The van der Waals surface area contributed by atoms with Crippen LogP contribution in [0.3, 0.4) is 0 Å². The summed E-state index contributed by atoms with van der Waals surface area (Å²) in [6.45, 7) is 3.35. The summed E-state index contributed by atoms with van der Waals surface area (Å²) in [5.74, 6) is 0.0911. The molecule has 0 aliphatic carbocycles. The first kappa shape index (κ1) is 12.5. The van der Waals surface area contributed by atoms with Crippen LogP contribution in [0.15, 0.2) is 5.38 Å². The third-order valence-electron chi connectivity index (χ3n) is 2.82. The number of hydrogen-bond acceptors (Lipinski definition) is 4. The molecule has 1 aromatic heterocycles. The van der Waals surface area contributed by atoms with E-state index in [4.69, 9.17) is 4.74 Å².